The van der Waals surface area contributed by atoms with Crippen LogP contribution in [0.15, 0.2) is 4.34 Å². The maximum absolute atomic E-state index is 11.9. The predicted octanol–water partition coefficient (Wildman–Crippen LogP) is -0.399. The standard InChI is InChI=1S/C14H26N3O2S2.ClH/c1-8-19-10(18)9-17-12(16(5)6)11(15-14(2,3)4)21-13(17)20-7;/h15H,8-9H2,1-7H3;1H/q+1;/p-1. The summed E-state index contributed by atoms with van der Waals surface area (Å²) in [6.07, 6.45) is 2.02. The Labute approximate surface area is 147 Å². The Hall–Kier alpha value is -0.660. The minimum Gasteiger partial charge on any atom is -1.00 e. The molecule has 0 aliphatic rings. The van der Waals surface area contributed by atoms with E-state index in [1.807, 2.05) is 36.7 Å². The molecule has 128 valence electrons. The summed E-state index contributed by atoms with van der Waals surface area (Å²) in [5.41, 5.74) is -0.0347. The molecule has 0 aromatic carbocycles. The number of hydrogen-bond acceptors (Lipinski definition) is 6. The second-order valence-corrected chi connectivity index (χ2v) is 7.94. The van der Waals surface area contributed by atoms with E-state index in [1.54, 1.807) is 23.1 Å². The zero-order chi connectivity index (χ0) is 16.2. The van der Waals surface area contributed by atoms with E-state index in [2.05, 4.69) is 26.1 Å². The molecule has 0 radical (unpaired) electrons. The molecule has 0 atom stereocenters. The number of carbonyl (C=O) groups excluding carboxylic acids is 1. The van der Waals surface area contributed by atoms with Crippen molar-refractivity contribution >= 4 is 39.9 Å². The average Bonchev–Trinajstić information content (AvgIpc) is 2.64. The molecule has 22 heavy (non-hydrogen) atoms. The van der Waals surface area contributed by atoms with Crippen molar-refractivity contribution in [1.29, 1.82) is 0 Å². The van der Waals surface area contributed by atoms with Crippen LogP contribution in [0.2, 0.25) is 0 Å². The van der Waals surface area contributed by atoms with E-state index in [4.69, 9.17) is 4.74 Å². The minimum absolute atomic E-state index is 0. The number of nitrogens with zero attached hydrogens (tertiary/aromatic N) is 2. The molecule has 0 spiro atoms. The number of nitrogens with one attached hydrogen (secondary N) is 1. The summed E-state index contributed by atoms with van der Waals surface area (Å²) >= 11 is 3.31. The number of carbonyl (C=O) groups is 1. The molecule has 1 aromatic heterocycles. The molecule has 1 rings (SSSR count). The summed E-state index contributed by atoms with van der Waals surface area (Å²) in [5.74, 6) is 0.799. The van der Waals surface area contributed by atoms with Crippen molar-refractivity contribution in [1.82, 2.24) is 0 Å². The number of halogens is 1. The fourth-order valence-electron chi connectivity index (χ4n) is 1.89. The fraction of sp³-hybridized carbons (Fsp3) is 0.714. The van der Waals surface area contributed by atoms with Crippen LogP contribution in [0.4, 0.5) is 10.8 Å². The maximum atomic E-state index is 11.9. The number of thiazole rings is 1. The van der Waals surface area contributed by atoms with Gasteiger partial charge in [0.2, 0.25) is 4.34 Å². The molecule has 0 aliphatic heterocycles. The van der Waals surface area contributed by atoms with Crippen molar-refractivity contribution in [3.05, 3.63) is 0 Å². The SMILES string of the molecule is CCOC(=O)C[n+]1c(SC)sc(NC(C)(C)C)c1N(C)C.[Cl-]. The van der Waals surface area contributed by atoms with Gasteiger partial charge >= 0.3 is 11.8 Å². The van der Waals surface area contributed by atoms with Gasteiger partial charge in [0.05, 0.1) is 20.7 Å². The lowest BCUT2D eigenvalue weighted by atomic mass is 10.1. The van der Waals surface area contributed by atoms with Gasteiger partial charge in [-0.3, -0.25) is 4.90 Å². The second kappa shape index (κ2) is 8.84. The third-order valence-electron chi connectivity index (χ3n) is 2.55. The summed E-state index contributed by atoms with van der Waals surface area (Å²) in [4.78, 5) is 13.9. The molecular formula is C14H26ClN3O2S2. The van der Waals surface area contributed by atoms with Crippen LogP contribution in [0.1, 0.15) is 27.7 Å². The van der Waals surface area contributed by atoms with Crippen LogP contribution in [-0.4, -0.2) is 38.5 Å². The van der Waals surface area contributed by atoms with Gasteiger partial charge in [0.1, 0.15) is 0 Å². The zero-order valence-electron chi connectivity index (χ0n) is 14.3. The number of esters is 1. The maximum Gasteiger partial charge on any atom is 0.348 e. The summed E-state index contributed by atoms with van der Waals surface area (Å²) in [5, 5.41) is 4.59. The summed E-state index contributed by atoms with van der Waals surface area (Å²) in [6, 6.07) is 0. The lowest BCUT2D eigenvalue weighted by molar-refractivity contribution is -0.703. The van der Waals surface area contributed by atoms with Crippen molar-refractivity contribution in [2.75, 3.05) is 37.2 Å². The van der Waals surface area contributed by atoms with Crippen LogP contribution in [0.25, 0.3) is 0 Å². The van der Waals surface area contributed by atoms with E-state index >= 15 is 0 Å². The third kappa shape index (κ3) is 5.85. The number of hydrogen-bond donors (Lipinski definition) is 1. The molecule has 8 heteroatoms. The summed E-state index contributed by atoms with van der Waals surface area (Å²) in [6.45, 7) is 8.84. The lowest BCUT2D eigenvalue weighted by Gasteiger charge is -2.21. The number of anilines is 2. The quantitative estimate of drug-likeness (QED) is 0.421. The lowest BCUT2D eigenvalue weighted by Crippen LogP contribution is -3.00. The van der Waals surface area contributed by atoms with Gasteiger partial charge in [-0.25, -0.2) is 4.79 Å². The molecule has 0 aliphatic carbocycles. The largest absolute Gasteiger partial charge is 1.00 e. The summed E-state index contributed by atoms with van der Waals surface area (Å²) in [7, 11) is 3.98. The van der Waals surface area contributed by atoms with Crippen LogP contribution in [0.3, 0.4) is 0 Å². The van der Waals surface area contributed by atoms with Gasteiger partial charge in [-0.05, 0) is 34.0 Å². The van der Waals surface area contributed by atoms with Crippen molar-refractivity contribution in [3.63, 3.8) is 0 Å². The molecule has 0 saturated heterocycles. The molecule has 1 aromatic rings. The molecule has 1 heterocycles. The van der Waals surface area contributed by atoms with E-state index in [1.165, 1.54) is 0 Å². The van der Waals surface area contributed by atoms with Crippen molar-refractivity contribution in [3.8, 4) is 0 Å². The third-order valence-corrected chi connectivity index (χ3v) is 4.75. The number of rotatable bonds is 6. The highest BCUT2D eigenvalue weighted by molar-refractivity contribution is 8.00. The topological polar surface area (TPSA) is 45.5 Å². The number of thioether (sulfide) groups is 1. The minimum atomic E-state index is -0.207. The van der Waals surface area contributed by atoms with Crippen LogP contribution in [-0.2, 0) is 16.1 Å². The number of aromatic nitrogens is 1. The van der Waals surface area contributed by atoms with E-state index in [9.17, 15) is 4.79 Å². The Bertz CT molecular complexity index is 499. The van der Waals surface area contributed by atoms with Gasteiger partial charge in [-0.2, -0.15) is 4.57 Å². The first-order chi connectivity index (χ1) is 9.69. The number of ether oxygens (including phenoxy) is 1. The van der Waals surface area contributed by atoms with Crippen LogP contribution < -0.4 is 27.2 Å². The van der Waals surface area contributed by atoms with Gasteiger partial charge in [-0.15, -0.1) is 0 Å². The Balaban J connectivity index is 0.00000441. The first-order valence-corrected chi connectivity index (χ1v) is 8.95. The highest BCUT2D eigenvalue weighted by Gasteiger charge is 2.30. The monoisotopic (exact) mass is 367 g/mol. The van der Waals surface area contributed by atoms with E-state index in [0.29, 0.717) is 6.61 Å². The molecule has 1 N–H and O–H groups in total. The second-order valence-electron chi connectivity index (χ2n) is 5.89. The Morgan fingerprint density at radius 1 is 1.41 bits per heavy atom. The van der Waals surface area contributed by atoms with Crippen molar-refractivity contribution < 1.29 is 26.5 Å². The highest BCUT2D eigenvalue weighted by atomic mass is 35.5. The molecule has 0 unspecified atom stereocenters. The van der Waals surface area contributed by atoms with Crippen LogP contribution >= 0.6 is 23.1 Å². The smallest absolute Gasteiger partial charge is 0.348 e. The average molecular weight is 368 g/mol. The van der Waals surface area contributed by atoms with E-state index in [0.717, 1.165) is 15.2 Å². The first-order valence-electron chi connectivity index (χ1n) is 6.91. The zero-order valence-corrected chi connectivity index (χ0v) is 16.7. The van der Waals surface area contributed by atoms with Crippen LogP contribution in [0.5, 0.6) is 0 Å². The van der Waals surface area contributed by atoms with Gasteiger partial charge in [0.15, 0.2) is 11.5 Å². The first kappa shape index (κ1) is 21.3. The Morgan fingerprint density at radius 2 is 2.00 bits per heavy atom. The molecule has 0 amide bonds. The molecule has 5 nitrogen and oxygen atoms in total. The van der Waals surface area contributed by atoms with E-state index in [-0.39, 0.29) is 30.5 Å². The van der Waals surface area contributed by atoms with Gasteiger partial charge in [-0.1, -0.05) is 23.1 Å². The Kier molecular flexibility index (Phi) is 8.57. The van der Waals surface area contributed by atoms with Gasteiger partial charge in [0, 0.05) is 5.54 Å². The van der Waals surface area contributed by atoms with Crippen molar-refractivity contribution in [2.24, 2.45) is 0 Å². The predicted molar refractivity (Wildman–Crippen MR) is 90.6 cm³/mol. The van der Waals surface area contributed by atoms with Crippen LogP contribution in [0, 0.1) is 0 Å². The highest BCUT2D eigenvalue weighted by Crippen LogP contribution is 2.35. The molecular weight excluding hydrogens is 342 g/mol. The Morgan fingerprint density at radius 3 is 2.41 bits per heavy atom. The molecule has 0 fully saturated rings. The van der Waals surface area contributed by atoms with Crippen molar-refractivity contribution in [2.45, 2.75) is 44.1 Å². The van der Waals surface area contributed by atoms with Gasteiger partial charge < -0.3 is 22.5 Å². The molecule has 0 saturated carbocycles. The van der Waals surface area contributed by atoms with E-state index < -0.39 is 0 Å². The fourth-order valence-corrected chi connectivity index (χ4v) is 4.02. The molecule has 0 bridgehead atoms. The summed E-state index contributed by atoms with van der Waals surface area (Å²) < 4.78 is 8.18. The normalized spacial score (nSPS) is 10.9. The van der Waals surface area contributed by atoms with Gasteiger partial charge in [0.25, 0.3) is 0 Å².